The average Bonchev–Trinajstić information content (AvgIpc) is 3.06. The third-order valence-corrected chi connectivity index (χ3v) is 4.30. The molecule has 0 bridgehead atoms. The number of thiazole rings is 1. The molecule has 0 spiro atoms. The Kier molecular flexibility index (Phi) is 5.10. The van der Waals surface area contributed by atoms with Crippen LogP contribution in [0.4, 0.5) is 9.52 Å². The van der Waals surface area contributed by atoms with Gasteiger partial charge in [-0.2, -0.15) is 0 Å². The Hall–Kier alpha value is -2.11. The largest absolute Gasteiger partial charge is 0.489 e. The third-order valence-electron chi connectivity index (χ3n) is 3.22. The molecule has 6 heteroatoms. The molecule has 0 unspecified atom stereocenters. The highest BCUT2D eigenvalue weighted by Crippen LogP contribution is 2.22. The molecule has 0 atom stereocenters. The highest BCUT2D eigenvalue weighted by atomic mass is 35.5. The van der Waals surface area contributed by atoms with Crippen molar-refractivity contribution in [2.45, 2.75) is 13.2 Å². The van der Waals surface area contributed by atoms with Crippen LogP contribution in [-0.2, 0) is 13.2 Å². The monoisotopic (exact) mass is 348 g/mol. The van der Waals surface area contributed by atoms with Gasteiger partial charge in [-0.3, -0.25) is 0 Å². The summed E-state index contributed by atoms with van der Waals surface area (Å²) in [7, 11) is 0. The van der Waals surface area contributed by atoms with Crippen molar-refractivity contribution >= 4 is 28.1 Å². The molecule has 2 aromatic carbocycles. The Morgan fingerprint density at radius 1 is 1.22 bits per heavy atom. The summed E-state index contributed by atoms with van der Waals surface area (Å²) >= 11 is 7.55. The molecule has 0 saturated heterocycles. The van der Waals surface area contributed by atoms with Crippen LogP contribution >= 0.6 is 22.9 Å². The molecule has 118 valence electrons. The van der Waals surface area contributed by atoms with Gasteiger partial charge in [0, 0.05) is 23.7 Å². The number of hydrogen-bond donors (Lipinski definition) is 1. The first-order valence-electron chi connectivity index (χ1n) is 7.00. The maximum atomic E-state index is 13.7. The van der Waals surface area contributed by atoms with Crippen molar-refractivity contribution in [3.8, 4) is 5.75 Å². The minimum absolute atomic E-state index is 0.0921. The van der Waals surface area contributed by atoms with Crippen molar-refractivity contribution in [3.05, 3.63) is 76.0 Å². The number of ether oxygens (including phenoxy) is 1. The first-order valence-corrected chi connectivity index (χ1v) is 8.26. The van der Waals surface area contributed by atoms with Crippen molar-refractivity contribution in [1.29, 1.82) is 0 Å². The summed E-state index contributed by atoms with van der Waals surface area (Å²) in [6, 6.07) is 12.2. The predicted molar refractivity (Wildman–Crippen MR) is 91.6 cm³/mol. The van der Waals surface area contributed by atoms with Gasteiger partial charge in [-0.25, -0.2) is 9.37 Å². The summed E-state index contributed by atoms with van der Waals surface area (Å²) in [5.74, 6) is 0.307. The Labute approximate surface area is 142 Å². The van der Waals surface area contributed by atoms with E-state index >= 15 is 0 Å². The van der Waals surface area contributed by atoms with Crippen LogP contribution in [0.25, 0.3) is 0 Å². The molecule has 0 aliphatic rings. The zero-order valence-electron chi connectivity index (χ0n) is 12.1. The maximum absolute atomic E-state index is 13.7. The van der Waals surface area contributed by atoms with Gasteiger partial charge in [0.15, 0.2) is 5.13 Å². The van der Waals surface area contributed by atoms with Crippen LogP contribution in [0.1, 0.15) is 11.1 Å². The Balaban J connectivity index is 1.63. The van der Waals surface area contributed by atoms with Gasteiger partial charge in [0.2, 0.25) is 0 Å². The minimum Gasteiger partial charge on any atom is -0.489 e. The fourth-order valence-corrected chi connectivity index (χ4v) is 2.80. The van der Waals surface area contributed by atoms with Crippen LogP contribution in [0.15, 0.2) is 54.0 Å². The number of nitrogens with one attached hydrogen (secondary N) is 1. The molecule has 0 aliphatic heterocycles. The zero-order chi connectivity index (χ0) is 16.1. The number of halogens is 2. The van der Waals surface area contributed by atoms with Crippen LogP contribution in [0.5, 0.6) is 5.75 Å². The molecule has 0 saturated carbocycles. The summed E-state index contributed by atoms with van der Waals surface area (Å²) in [4.78, 5) is 4.17. The first kappa shape index (κ1) is 15.8. The van der Waals surface area contributed by atoms with Crippen molar-refractivity contribution in [2.24, 2.45) is 0 Å². The number of hydrogen-bond acceptors (Lipinski definition) is 4. The second kappa shape index (κ2) is 7.44. The molecule has 23 heavy (non-hydrogen) atoms. The van der Waals surface area contributed by atoms with Gasteiger partial charge < -0.3 is 10.1 Å². The average molecular weight is 349 g/mol. The molecule has 3 nitrogen and oxygen atoms in total. The lowest BCUT2D eigenvalue weighted by molar-refractivity contribution is 0.299. The Morgan fingerprint density at radius 3 is 2.87 bits per heavy atom. The zero-order valence-corrected chi connectivity index (χ0v) is 13.7. The van der Waals surface area contributed by atoms with E-state index in [9.17, 15) is 4.39 Å². The Morgan fingerprint density at radius 2 is 2.09 bits per heavy atom. The van der Waals surface area contributed by atoms with Crippen molar-refractivity contribution < 1.29 is 9.13 Å². The molecule has 0 fully saturated rings. The van der Waals surface area contributed by atoms with Gasteiger partial charge in [0.05, 0.1) is 5.02 Å². The van der Waals surface area contributed by atoms with E-state index in [-0.39, 0.29) is 12.4 Å². The molecular formula is C17H14ClFN2OS. The van der Waals surface area contributed by atoms with E-state index in [0.29, 0.717) is 22.9 Å². The van der Waals surface area contributed by atoms with Crippen LogP contribution in [0.3, 0.4) is 0 Å². The van der Waals surface area contributed by atoms with Crippen LogP contribution in [-0.4, -0.2) is 4.98 Å². The molecule has 3 rings (SSSR count). The van der Waals surface area contributed by atoms with E-state index in [1.807, 2.05) is 29.6 Å². The third kappa shape index (κ3) is 4.21. The summed E-state index contributed by atoms with van der Waals surface area (Å²) < 4.78 is 19.4. The minimum atomic E-state index is -0.362. The quantitative estimate of drug-likeness (QED) is 0.670. The Bertz CT molecular complexity index is 760. The van der Waals surface area contributed by atoms with Gasteiger partial charge in [-0.1, -0.05) is 29.8 Å². The van der Waals surface area contributed by atoms with Crippen LogP contribution < -0.4 is 10.1 Å². The van der Waals surface area contributed by atoms with E-state index in [1.165, 1.54) is 6.07 Å². The smallest absolute Gasteiger partial charge is 0.182 e. The van der Waals surface area contributed by atoms with Crippen molar-refractivity contribution in [2.75, 3.05) is 5.32 Å². The molecule has 3 aromatic rings. The van der Waals surface area contributed by atoms with Crippen LogP contribution in [0, 0.1) is 5.82 Å². The lowest BCUT2D eigenvalue weighted by Gasteiger charge is -2.10. The number of anilines is 1. The van der Waals surface area contributed by atoms with E-state index in [2.05, 4.69) is 10.3 Å². The predicted octanol–water partition coefficient (Wildman–Crippen LogP) is 5.13. The number of nitrogens with zero attached hydrogens (tertiary/aromatic N) is 1. The molecule has 1 heterocycles. The summed E-state index contributed by atoms with van der Waals surface area (Å²) in [5, 5.41) is 6.38. The fourth-order valence-electron chi connectivity index (χ4n) is 2.06. The van der Waals surface area contributed by atoms with Gasteiger partial charge in [-0.15, -0.1) is 11.3 Å². The first-order chi connectivity index (χ1) is 11.2. The summed E-state index contributed by atoms with van der Waals surface area (Å²) in [5.41, 5.74) is 1.41. The summed E-state index contributed by atoms with van der Waals surface area (Å²) in [6.45, 7) is 0.736. The molecule has 0 aliphatic carbocycles. The summed E-state index contributed by atoms with van der Waals surface area (Å²) in [6.07, 6.45) is 1.75. The van der Waals surface area contributed by atoms with Crippen LogP contribution in [0.2, 0.25) is 5.02 Å². The second-order valence-electron chi connectivity index (χ2n) is 4.83. The highest BCUT2D eigenvalue weighted by Gasteiger charge is 2.08. The van der Waals surface area contributed by atoms with Gasteiger partial charge in [-0.05, 0) is 29.8 Å². The lowest BCUT2D eigenvalue weighted by atomic mass is 10.2. The molecule has 1 N–H and O–H groups in total. The number of rotatable bonds is 6. The van der Waals surface area contributed by atoms with Gasteiger partial charge >= 0.3 is 0 Å². The standard InChI is InChI=1S/C17H14ClFN2OS/c18-15-5-2-6-16(19)14(15)11-22-13-4-1-3-12(9-13)10-21-17-20-7-8-23-17/h1-9H,10-11H2,(H,20,21). The van der Waals surface area contributed by atoms with Crippen molar-refractivity contribution in [1.82, 2.24) is 4.98 Å². The lowest BCUT2D eigenvalue weighted by Crippen LogP contribution is -2.01. The van der Waals surface area contributed by atoms with E-state index in [1.54, 1.807) is 29.7 Å². The SMILES string of the molecule is Fc1cccc(Cl)c1COc1cccc(CNc2nccs2)c1. The highest BCUT2D eigenvalue weighted by molar-refractivity contribution is 7.13. The molecular weight excluding hydrogens is 335 g/mol. The second-order valence-corrected chi connectivity index (χ2v) is 6.13. The molecule has 0 amide bonds. The number of aromatic nitrogens is 1. The van der Waals surface area contributed by atoms with Crippen molar-refractivity contribution in [3.63, 3.8) is 0 Å². The van der Waals surface area contributed by atoms with Gasteiger partial charge in [0.1, 0.15) is 18.2 Å². The molecule has 1 aromatic heterocycles. The van der Waals surface area contributed by atoms with E-state index in [0.717, 1.165) is 10.7 Å². The topological polar surface area (TPSA) is 34.1 Å². The van der Waals surface area contributed by atoms with E-state index in [4.69, 9.17) is 16.3 Å². The molecule has 0 radical (unpaired) electrons. The van der Waals surface area contributed by atoms with Gasteiger partial charge in [0.25, 0.3) is 0 Å². The van der Waals surface area contributed by atoms with E-state index < -0.39 is 0 Å². The fraction of sp³-hybridized carbons (Fsp3) is 0.118. The maximum Gasteiger partial charge on any atom is 0.182 e. The number of benzene rings is 2. The normalized spacial score (nSPS) is 10.5.